The molecule has 2 aliphatic heterocycles. The molecule has 1 aromatic heterocycles. The van der Waals surface area contributed by atoms with Gasteiger partial charge in [0.15, 0.2) is 6.23 Å². The van der Waals surface area contributed by atoms with Crippen LogP contribution in [0, 0.1) is 0 Å². The fourth-order valence-corrected chi connectivity index (χ4v) is 2.49. The number of amides is 1. The van der Waals surface area contributed by atoms with Gasteiger partial charge >= 0.3 is 0 Å². The molecular formula is C10H12N2O2. The second kappa shape index (κ2) is 2.60. The highest BCUT2D eigenvalue weighted by atomic mass is 16.3. The van der Waals surface area contributed by atoms with E-state index in [2.05, 4.69) is 0 Å². The van der Waals surface area contributed by atoms with E-state index in [4.69, 9.17) is 0 Å². The number of aromatic nitrogens is 1. The first-order chi connectivity index (χ1) is 6.79. The van der Waals surface area contributed by atoms with Crippen LogP contribution in [0.5, 0.6) is 0 Å². The molecular weight excluding hydrogens is 180 g/mol. The van der Waals surface area contributed by atoms with E-state index in [-0.39, 0.29) is 11.9 Å². The maximum Gasteiger partial charge on any atom is 0.270 e. The van der Waals surface area contributed by atoms with Crippen molar-refractivity contribution >= 4 is 5.91 Å². The monoisotopic (exact) mass is 192 g/mol. The molecule has 0 spiro atoms. The molecule has 2 atom stereocenters. The average molecular weight is 192 g/mol. The summed E-state index contributed by atoms with van der Waals surface area (Å²) in [6.45, 7) is 0.783. The third-order valence-electron chi connectivity index (χ3n) is 3.19. The quantitative estimate of drug-likeness (QED) is 0.654. The Morgan fingerprint density at radius 1 is 1.50 bits per heavy atom. The predicted molar refractivity (Wildman–Crippen MR) is 49.7 cm³/mol. The van der Waals surface area contributed by atoms with E-state index in [0.29, 0.717) is 5.69 Å². The van der Waals surface area contributed by atoms with E-state index in [1.807, 2.05) is 0 Å². The molecule has 2 aliphatic rings. The number of aliphatic hydroxyl groups is 1. The summed E-state index contributed by atoms with van der Waals surface area (Å²) in [4.78, 5) is 13.7. The summed E-state index contributed by atoms with van der Waals surface area (Å²) in [7, 11) is 0. The van der Waals surface area contributed by atoms with Crippen LogP contribution < -0.4 is 0 Å². The zero-order valence-corrected chi connectivity index (χ0v) is 7.76. The third-order valence-corrected chi connectivity index (χ3v) is 3.19. The van der Waals surface area contributed by atoms with Crippen LogP contribution in [0.15, 0.2) is 18.3 Å². The molecule has 0 saturated carbocycles. The van der Waals surface area contributed by atoms with Crippen LogP contribution in [-0.2, 0) is 0 Å². The summed E-state index contributed by atoms with van der Waals surface area (Å²) in [5.41, 5.74) is 0.607. The number of hydrogen-bond donors (Lipinski definition) is 1. The molecule has 14 heavy (non-hydrogen) atoms. The molecule has 3 heterocycles. The van der Waals surface area contributed by atoms with E-state index in [1.165, 1.54) is 0 Å². The van der Waals surface area contributed by atoms with Crippen LogP contribution in [0.2, 0.25) is 0 Å². The highest BCUT2D eigenvalue weighted by Gasteiger charge is 2.40. The van der Waals surface area contributed by atoms with Crippen LogP contribution in [0.1, 0.15) is 29.6 Å². The van der Waals surface area contributed by atoms with Gasteiger partial charge in [-0.1, -0.05) is 0 Å². The molecule has 1 amide bonds. The van der Waals surface area contributed by atoms with Gasteiger partial charge in [-0.15, -0.1) is 0 Å². The lowest BCUT2D eigenvalue weighted by molar-refractivity contribution is 0.000901. The smallest absolute Gasteiger partial charge is 0.270 e. The van der Waals surface area contributed by atoms with Crippen molar-refractivity contribution in [1.82, 2.24) is 9.47 Å². The van der Waals surface area contributed by atoms with Crippen molar-refractivity contribution in [2.45, 2.75) is 25.1 Å². The normalized spacial score (nSPS) is 30.4. The molecule has 4 nitrogen and oxygen atoms in total. The first kappa shape index (κ1) is 8.05. The highest BCUT2D eigenvalue weighted by molar-refractivity contribution is 5.94. The molecule has 3 rings (SSSR count). The summed E-state index contributed by atoms with van der Waals surface area (Å²) < 4.78 is 1.68. The summed E-state index contributed by atoms with van der Waals surface area (Å²) in [5, 5.41) is 10.0. The Labute approximate surface area is 81.7 Å². The van der Waals surface area contributed by atoms with Gasteiger partial charge in [0.1, 0.15) is 5.69 Å². The molecule has 1 aromatic rings. The number of aliphatic hydroxyl groups excluding tert-OH is 1. The van der Waals surface area contributed by atoms with Gasteiger partial charge < -0.3 is 14.6 Å². The van der Waals surface area contributed by atoms with Gasteiger partial charge in [0.05, 0.1) is 6.04 Å². The lowest BCUT2D eigenvalue weighted by Crippen LogP contribution is -2.46. The number of hydrogen-bond acceptors (Lipinski definition) is 2. The molecule has 0 bridgehead atoms. The van der Waals surface area contributed by atoms with Crippen molar-refractivity contribution in [2.75, 3.05) is 6.54 Å². The topological polar surface area (TPSA) is 45.5 Å². The molecule has 0 aliphatic carbocycles. The first-order valence-corrected chi connectivity index (χ1v) is 4.95. The second-order valence-corrected chi connectivity index (χ2v) is 3.92. The highest BCUT2D eigenvalue weighted by Crippen LogP contribution is 2.32. The van der Waals surface area contributed by atoms with E-state index in [9.17, 15) is 9.90 Å². The molecule has 4 heteroatoms. The lowest BCUT2D eigenvalue weighted by atomic mass is 10.1. The number of carbonyl (C=O) groups is 1. The minimum atomic E-state index is -0.555. The van der Waals surface area contributed by atoms with Crippen molar-refractivity contribution in [3.05, 3.63) is 24.0 Å². The van der Waals surface area contributed by atoms with Gasteiger partial charge in [-0.05, 0) is 25.0 Å². The van der Waals surface area contributed by atoms with Crippen LogP contribution in [-0.4, -0.2) is 33.1 Å². The van der Waals surface area contributed by atoms with E-state index in [1.54, 1.807) is 27.8 Å². The zero-order chi connectivity index (χ0) is 9.71. The number of carbonyl (C=O) groups excluding carboxylic acids is 1. The van der Waals surface area contributed by atoms with Crippen molar-refractivity contribution in [1.29, 1.82) is 0 Å². The summed E-state index contributed by atoms with van der Waals surface area (Å²) in [5.74, 6) is 0.0581. The van der Waals surface area contributed by atoms with Crippen molar-refractivity contribution in [3.8, 4) is 0 Å². The van der Waals surface area contributed by atoms with Crippen LogP contribution in [0.4, 0.5) is 0 Å². The fourth-order valence-electron chi connectivity index (χ4n) is 2.49. The molecule has 1 fully saturated rings. The average Bonchev–Trinajstić information content (AvgIpc) is 2.82. The Morgan fingerprint density at radius 2 is 2.36 bits per heavy atom. The minimum absolute atomic E-state index is 0.0117. The third kappa shape index (κ3) is 0.838. The van der Waals surface area contributed by atoms with Gasteiger partial charge in [0, 0.05) is 12.7 Å². The Kier molecular flexibility index (Phi) is 1.50. The van der Waals surface area contributed by atoms with Gasteiger partial charge in [0.2, 0.25) is 0 Å². The Hall–Kier alpha value is -1.29. The van der Waals surface area contributed by atoms with Crippen molar-refractivity contribution in [3.63, 3.8) is 0 Å². The number of nitrogens with zero attached hydrogens (tertiary/aromatic N) is 2. The molecule has 1 N–H and O–H groups in total. The Balaban J connectivity index is 2.12. The molecule has 0 aromatic carbocycles. The van der Waals surface area contributed by atoms with E-state index in [0.717, 1.165) is 19.4 Å². The lowest BCUT2D eigenvalue weighted by Gasteiger charge is -2.35. The predicted octanol–water partition coefficient (Wildman–Crippen LogP) is 0.597. The van der Waals surface area contributed by atoms with Gasteiger partial charge in [0.25, 0.3) is 5.91 Å². The number of rotatable bonds is 0. The Morgan fingerprint density at radius 3 is 3.21 bits per heavy atom. The maximum atomic E-state index is 11.9. The summed E-state index contributed by atoms with van der Waals surface area (Å²) >= 11 is 0. The summed E-state index contributed by atoms with van der Waals surface area (Å²) in [6.07, 6.45) is 3.12. The van der Waals surface area contributed by atoms with E-state index >= 15 is 0 Å². The van der Waals surface area contributed by atoms with Crippen LogP contribution in [0.25, 0.3) is 0 Å². The Bertz CT molecular complexity index is 385. The minimum Gasteiger partial charge on any atom is -0.371 e. The molecule has 0 unspecified atom stereocenters. The first-order valence-electron chi connectivity index (χ1n) is 4.95. The second-order valence-electron chi connectivity index (χ2n) is 3.92. The maximum absolute atomic E-state index is 11.9. The molecule has 0 radical (unpaired) electrons. The van der Waals surface area contributed by atoms with Crippen LogP contribution in [0.3, 0.4) is 0 Å². The zero-order valence-electron chi connectivity index (χ0n) is 7.76. The number of fused-ring (bicyclic) bond motifs is 2. The summed E-state index contributed by atoms with van der Waals surface area (Å²) in [6, 6.07) is 3.56. The van der Waals surface area contributed by atoms with Crippen molar-refractivity contribution < 1.29 is 9.90 Å². The SMILES string of the molecule is O=C1c2cccn2[C@H](O)[C@@H]2CCCN12. The van der Waals surface area contributed by atoms with Crippen molar-refractivity contribution in [2.24, 2.45) is 0 Å². The van der Waals surface area contributed by atoms with Gasteiger partial charge in [-0.3, -0.25) is 4.79 Å². The van der Waals surface area contributed by atoms with E-state index < -0.39 is 6.23 Å². The van der Waals surface area contributed by atoms with Gasteiger partial charge in [-0.2, -0.15) is 0 Å². The van der Waals surface area contributed by atoms with Gasteiger partial charge in [-0.25, -0.2) is 0 Å². The molecule has 74 valence electrons. The molecule has 1 saturated heterocycles. The fraction of sp³-hybridized carbons (Fsp3) is 0.500. The standard InChI is InChI=1S/C10H12N2O2/c13-9-7-3-1-5-11(7)10(14)8-4-2-6-12(8)9/h1,3,5,8,10,14H,2,4,6H2/t8-,10+/m0/s1. The van der Waals surface area contributed by atoms with Crippen LogP contribution >= 0.6 is 0 Å². The largest absolute Gasteiger partial charge is 0.371 e.